The predicted molar refractivity (Wildman–Crippen MR) is 75.4 cm³/mol. The molecule has 2 atom stereocenters. The van der Waals surface area contributed by atoms with Gasteiger partial charge in [0.25, 0.3) is 0 Å². The second-order valence-corrected chi connectivity index (χ2v) is 7.71. The fourth-order valence-electron chi connectivity index (χ4n) is 1.42. The SMILES string of the molecule is CCCN(CCC)P(=O)(C#N)OC(C)C(C)(C)C. The monoisotopic (exact) mass is 274 g/mol. The van der Waals surface area contributed by atoms with Gasteiger partial charge in [-0.3, -0.25) is 4.57 Å². The summed E-state index contributed by atoms with van der Waals surface area (Å²) >= 11 is 0. The number of rotatable bonds is 7. The van der Waals surface area contributed by atoms with Crippen molar-refractivity contribution in [3.63, 3.8) is 0 Å². The summed E-state index contributed by atoms with van der Waals surface area (Å²) in [5, 5.41) is 9.24. The highest BCUT2D eigenvalue weighted by atomic mass is 31.2. The second-order valence-electron chi connectivity index (χ2n) is 5.69. The van der Waals surface area contributed by atoms with Crippen LogP contribution in [0.25, 0.3) is 0 Å². The van der Waals surface area contributed by atoms with E-state index in [1.807, 2.05) is 47.4 Å². The highest BCUT2D eigenvalue weighted by Crippen LogP contribution is 2.52. The van der Waals surface area contributed by atoms with E-state index in [1.165, 1.54) is 0 Å². The molecule has 0 aromatic rings. The van der Waals surface area contributed by atoms with Crippen LogP contribution in [0.4, 0.5) is 0 Å². The van der Waals surface area contributed by atoms with E-state index in [0.717, 1.165) is 12.8 Å². The standard InChI is InChI=1S/C13H27N2O2P/c1-7-9-15(10-8-2)18(16,11-14)17-12(3)13(4,5)6/h12H,7-10H2,1-6H3. The minimum atomic E-state index is -3.36. The zero-order valence-electron chi connectivity index (χ0n) is 12.6. The van der Waals surface area contributed by atoms with Gasteiger partial charge in [0.05, 0.1) is 6.10 Å². The van der Waals surface area contributed by atoms with E-state index in [4.69, 9.17) is 4.52 Å². The van der Waals surface area contributed by atoms with Gasteiger partial charge in [0.2, 0.25) is 0 Å². The highest BCUT2D eigenvalue weighted by Gasteiger charge is 2.36. The van der Waals surface area contributed by atoms with Crippen LogP contribution < -0.4 is 0 Å². The van der Waals surface area contributed by atoms with Crippen LogP contribution >= 0.6 is 7.52 Å². The van der Waals surface area contributed by atoms with Gasteiger partial charge in [0.1, 0.15) is 0 Å². The van der Waals surface area contributed by atoms with Crippen LogP contribution in [0.1, 0.15) is 54.4 Å². The van der Waals surface area contributed by atoms with E-state index in [9.17, 15) is 9.83 Å². The van der Waals surface area contributed by atoms with E-state index in [0.29, 0.717) is 13.1 Å². The van der Waals surface area contributed by atoms with Gasteiger partial charge in [0, 0.05) is 13.1 Å². The molecule has 18 heavy (non-hydrogen) atoms. The molecular weight excluding hydrogens is 247 g/mol. The predicted octanol–water partition coefficient (Wildman–Crippen LogP) is 4.23. The summed E-state index contributed by atoms with van der Waals surface area (Å²) in [6.07, 6.45) is 1.50. The smallest absolute Gasteiger partial charge is 0.303 e. The molecule has 0 aromatic heterocycles. The zero-order valence-corrected chi connectivity index (χ0v) is 13.5. The highest BCUT2D eigenvalue weighted by molar-refractivity contribution is 7.61. The molecule has 0 aliphatic rings. The summed E-state index contributed by atoms with van der Waals surface area (Å²) in [5.74, 6) is 1.91. The molecule has 0 heterocycles. The lowest BCUT2D eigenvalue weighted by Gasteiger charge is -2.33. The quantitative estimate of drug-likeness (QED) is 0.652. The van der Waals surface area contributed by atoms with Gasteiger partial charge in [-0.05, 0) is 25.2 Å². The molecule has 0 aliphatic carbocycles. The van der Waals surface area contributed by atoms with Crippen molar-refractivity contribution >= 4 is 7.52 Å². The van der Waals surface area contributed by atoms with Crippen LogP contribution in [-0.2, 0) is 9.09 Å². The van der Waals surface area contributed by atoms with Gasteiger partial charge in [-0.1, -0.05) is 34.6 Å². The Morgan fingerprint density at radius 3 is 2.00 bits per heavy atom. The van der Waals surface area contributed by atoms with Crippen molar-refractivity contribution in [3.8, 4) is 5.81 Å². The molecule has 0 N–H and O–H groups in total. The molecule has 0 radical (unpaired) electrons. The van der Waals surface area contributed by atoms with Crippen LogP contribution in [0.3, 0.4) is 0 Å². The molecule has 0 saturated heterocycles. The molecule has 0 amide bonds. The fraction of sp³-hybridized carbons (Fsp3) is 0.923. The van der Waals surface area contributed by atoms with Crippen molar-refractivity contribution in [2.24, 2.45) is 5.41 Å². The topological polar surface area (TPSA) is 53.3 Å². The Kier molecular flexibility index (Phi) is 7.14. The molecule has 2 unspecified atom stereocenters. The molecule has 106 valence electrons. The van der Waals surface area contributed by atoms with Crippen LogP contribution in [0.15, 0.2) is 0 Å². The molecule has 4 nitrogen and oxygen atoms in total. The largest absolute Gasteiger partial charge is 0.371 e. The Bertz CT molecular complexity index is 325. The first kappa shape index (κ1) is 17.6. The van der Waals surface area contributed by atoms with Gasteiger partial charge >= 0.3 is 7.52 Å². The first-order valence-electron chi connectivity index (χ1n) is 6.66. The van der Waals surface area contributed by atoms with Crippen molar-refractivity contribution in [2.45, 2.75) is 60.5 Å². The first-order valence-corrected chi connectivity index (χ1v) is 8.24. The van der Waals surface area contributed by atoms with Crippen molar-refractivity contribution in [3.05, 3.63) is 0 Å². The zero-order chi connectivity index (χ0) is 14.4. The van der Waals surface area contributed by atoms with E-state index < -0.39 is 7.52 Å². The van der Waals surface area contributed by atoms with Crippen molar-refractivity contribution in [1.29, 1.82) is 5.26 Å². The number of hydrogen-bond acceptors (Lipinski definition) is 3. The maximum Gasteiger partial charge on any atom is 0.371 e. The van der Waals surface area contributed by atoms with Gasteiger partial charge in [0.15, 0.2) is 5.81 Å². The van der Waals surface area contributed by atoms with E-state index >= 15 is 0 Å². The fourth-order valence-corrected chi connectivity index (χ4v) is 3.40. The minimum absolute atomic E-state index is 0.128. The maximum atomic E-state index is 12.7. The van der Waals surface area contributed by atoms with Crippen LogP contribution in [-0.4, -0.2) is 23.9 Å². The van der Waals surface area contributed by atoms with Crippen LogP contribution in [0.5, 0.6) is 0 Å². The second kappa shape index (κ2) is 7.28. The Morgan fingerprint density at radius 2 is 1.72 bits per heavy atom. The Balaban J connectivity index is 4.99. The summed E-state index contributed by atoms with van der Waals surface area (Å²) < 4.78 is 20.0. The molecule has 0 rings (SSSR count). The lowest BCUT2D eigenvalue weighted by molar-refractivity contribution is 0.0962. The Morgan fingerprint density at radius 1 is 1.28 bits per heavy atom. The molecule has 0 aromatic carbocycles. The normalized spacial score (nSPS) is 17.2. The van der Waals surface area contributed by atoms with Crippen molar-refractivity contribution in [1.82, 2.24) is 4.67 Å². The van der Waals surface area contributed by atoms with Crippen molar-refractivity contribution < 1.29 is 9.09 Å². The summed E-state index contributed by atoms with van der Waals surface area (Å²) in [6, 6.07) is 0. The average molecular weight is 274 g/mol. The maximum absolute atomic E-state index is 12.7. The third-order valence-corrected chi connectivity index (χ3v) is 4.98. The lowest BCUT2D eigenvalue weighted by atomic mass is 9.91. The first-order chi connectivity index (χ1) is 8.21. The summed E-state index contributed by atoms with van der Waals surface area (Å²) in [7, 11) is -3.36. The van der Waals surface area contributed by atoms with Gasteiger partial charge in [-0.15, -0.1) is 0 Å². The van der Waals surface area contributed by atoms with Crippen LogP contribution in [0.2, 0.25) is 0 Å². The third-order valence-electron chi connectivity index (χ3n) is 2.98. The minimum Gasteiger partial charge on any atom is -0.303 e. The van der Waals surface area contributed by atoms with Crippen molar-refractivity contribution in [2.75, 3.05) is 13.1 Å². The van der Waals surface area contributed by atoms with Gasteiger partial charge in [-0.25, -0.2) is 4.67 Å². The van der Waals surface area contributed by atoms with Crippen LogP contribution in [0, 0.1) is 16.5 Å². The van der Waals surface area contributed by atoms with Gasteiger partial charge in [-0.2, -0.15) is 5.26 Å². The third kappa shape index (κ3) is 5.10. The number of nitrogens with zero attached hydrogens (tertiary/aromatic N) is 2. The van der Waals surface area contributed by atoms with Gasteiger partial charge < -0.3 is 4.52 Å². The van der Waals surface area contributed by atoms with E-state index in [2.05, 4.69) is 0 Å². The molecule has 0 aliphatic heterocycles. The molecule has 0 saturated carbocycles. The number of hydrogen-bond donors (Lipinski definition) is 0. The molecule has 0 spiro atoms. The average Bonchev–Trinajstić information content (AvgIpc) is 2.27. The molecule has 5 heteroatoms. The molecular formula is C13H27N2O2P. The van der Waals surface area contributed by atoms with E-state index in [-0.39, 0.29) is 11.5 Å². The summed E-state index contributed by atoms with van der Waals surface area (Å²) in [5.41, 5.74) is -0.128. The Labute approximate surface area is 112 Å². The van der Waals surface area contributed by atoms with E-state index in [1.54, 1.807) is 4.67 Å². The lowest BCUT2D eigenvalue weighted by Crippen LogP contribution is -2.30. The summed E-state index contributed by atoms with van der Waals surface area (Å²) in [4.78, 5) is 0. The summed E-state index contributed by atoms with van der Waals surface area (Å²) in [6.45, 7) is 13.2. The molecule has 0 bridgehead atoms. The number of nitriles is 1. The Hall–Kier alpha value is -0.360. The molecule has 0 fully saturated rings.